The molecule has 2 aromatic heterocycles. The number of hydrogen-bond donors (Lipinski definition) is 0. The molecule has 1 aliphatic heterocycles. The third-order valence-corrected chi connectivity index (χ3v) is 4.74. The number of tetrazole rings is 1. The van der Waals surface area contributed by atoms with Crippen LogP contribution in [0.2, 0.25) is 0 Å². The predicted molar refractivity (Wildman–Crippen MR) is 99.4 cm³/mol. The zero-order valence-corrected chi connectivity index (χ0v) is 15.5. The van der Waals surface area contributed by atoms with E-state index in [2.05, 4.69) is 15.4 Å². The van der Waals surface area contributed by atoms with Crippen molar-refractivity contribution in [2.75, 3.05) is 26.2 Å². The first-order valence-corrected chi connectivity index (χ1v) is 9.07. The largest absolute Gasteiger partial charge is 0.472 e. The van der Waals surface area contributed by atoms with E-state index in [-0.39, 0.29) is 11.8 Å². The molecule has 1 aliphatic rings. The molecule has 9 nitrogen and oxygen atoms in total. The molecule has 0 unspecified atom stereocenters. The summed E-state index contributed by atoms with van der Waals surface area (Å²) in [7, 11) is 1.70. The maximum absolute atomic E-state index is 12.9. The summed E-state index contributed by atoms with van der Waals surface area (Å²) in [5, 5.41) is 11.9. The van der Waals surface area contributed by atoms with Crippen LogP contribution >= 0.6 is 0 Å². The van der Waals surface area contributed by atoms with Gasteiger partial charge in [-0.15, -0.1) is 10.2 Å². The highest BCUT2D eigenvalue weighted by Gasteiger charge is 2.24. The summed E-state index contributed by atoms with van der Waals surface area (Å²) in [6, 6.07) is 8.83. The Balaban J connectivity index is 1.41. The van der Waals surface area contributed by atoms with Gasteiger partial charge in [0, 0.05) is 37.3 Å². The van der Waals surface area contributed by atoms with Gasteiger partial charge in [0.05, 0.1) is 18.9 Å². The monoisotopic (exact) mass is 380 g/mol. The molecule has 3 heterocycles. The van der Waals surface area contributed by atoms with Crippen LogP contribution in [0.3, 0.4) is 0 Å². The molecule has 0 spiro atoms. The topological polar surface area (TPSA) is 97.4 Å². The molecular weight excluding hydrogens is 360 g/mol. The summed E-state index contributed by atoms with van der Waals surface area (Å²) in [4.78, 5) is 30.3. The van der Waals surface area contributed by atoms with Gasteiger partial charge in [-0.1, -0.05) is 12.1 Å². The number of carbonyl (C=O) groups is 2. The zero-order valence-electron chi connectivity index (χ0n) is 15.5. The highest BCUT2D eigenvalue weighted by atomic mass is 16.3. The van der Waals surface area contributed by atoms with E-state index in [9.17, 15) is 9.59 Å². The molecule has 144 valence electrons. The Kier molecular flexibility index (Phi) is 4.88. The fraction of sp³-hybridized carbons (Fsp3) is 0.316. The maximum Gasteiger partial charge on any atom is 0.257 e. The van der Waals surface area contributed by atoms with Crippen LogP contribution in [0.25, 0.3) is 11.4 Å². The molecule has 9 heteroatoms. The molecule has 1 fully saturated rings. The number of benzene rings is 1. The number of rotatable bonds is 3. The second-order valence-electron chi connectivity index (χ2n) is 6.63. The van der Waals surface area contributed by atoms with Crippen LogP contribution in [0.4, 0.5) is 0 Å². The minimum Gasteiger partial charge on any atom is -0.472 e. The van der Waals surface area contributed by atoms with Crippen molar-refractivity contribution < 1.29 is 14.0 Å². The first-order chi connectivity index (χ1) is 13.6. The molecule has 0 aliphatic carbocycles. The second-order valence-corrected chi connectivity index (χ2v) is 6.63. The number of carbonyl (C=O) groups excluding carboxylic acids is 2. The Morgan fingerprint density at radius 2 is 1.61 bits per heavy atom. The van der Waals surface area contributed by atoms with Crippen molar-refractivity contribution in [1.82, 2.24) is 30.0 Å². The van der Waals surface area contributed by atoms with Gasteiger partial charge in [0.1, 0.15) is 6.26 Å². The van der Waals surface area contributed by atoms with Crippen molar-refractivity contribution in [1.29, 1.82) is 0 Å². The summed E-state index contributed by atoms with van der Waals surface area (Å²) in [6.45, 7) is 2.22. The zero-order chi connectivity index (χ0) is 19.5. The number of hydrogen-bond acceptors (Lipinski definition) is 6. The minimum absolute atomic E-state index is 0.0451. The first kappa shape index (κ1) is 17.9. The quantitative estimate of drug-likeness (QED) is 0.682. The molecule has 0 N–H and O–H groups in total. The average Bonchev–Trinajstić information content (AvgIpc) is 3.34. The van der Waals surface area contributed by atoms with Crippen molar-refractivity contribution in [2.45, 2.75) is 6.42 Å². The van der Waals surface area contributed by atoms with Crippen molar-refractivity contribution in [3.63, 3.8) is 0 Å². The van der Waals surface area contributed by atoms with Crippen LogP contribution in [0.1, 0.15) is 27.1 Å². The van der Waals surface area contributed by atoms with E-state index in [0.29, 0.717) is 43.1 Å². The highest BCUT2D eigenvalue weighted by Crippen LogP contribution is 2.17. The highest BCUT2D eigenvalue weighted by molar-refractivity contribution is 5.95. The lowest BCUT2D eigenvalue weighted by Gasteiger charge is -2.22. The normalized spacial score (nSPS) is 14.8. The number of amides is 2. The molecule has 3 aromatic rings. The number of nitrogens with zero attached hydrogens (tertiary/aromatic N) is 6. The third kappa shape index (κ3) is 3.64. The Morgan fingerprint density at radius 3 is 2.18 bits per heavy atom. The smallest absolute Gasteiger partial charge is 0.257 e. The van der Waals surface area contributed by atoms with Gasteiger partial charge in [-0.25, -0.2) is 0 Å². The summed E-state index contributed by atoms with van der Waals surface area (Å²) in [6.07, 6.45) is 3.67. The molecule has 1 aromatic carbocycles. The standard InChI is InChI=1S/C19H20N6O3/c1-23-21-17(20-22-23)14-3-5-15(6-4-14)18(26)24-8-2-9-25(11-10-24)19(27)16-7-12-28-13-16/h3-7,12-13H,2,8-11H2,1H3. The van der Waals surface area contributed by atoms with Gasteiger partial charge >= 0.3 is 0 Å². The third-order valence-electron chi connectivity index (χ3n) is 4.74. The minimum atomic E-state index is -0.0659. The summed E-state index contributed by atoms with van der Waals surface area (Å²) in [5.74, 6) is 0.407. The van der Waals surface area contributed by atoms with Gasteiger partial charge in [-0.05, 0) is 29.8 Å². The lowest BCUT2D eigenvalue weighted by Crippen LogP contribution is -2.37. The van der Waals surface area contributed by atoms with Crippen molar-refractivity contribution >= 4 is 11.8 Å². The maximum atomic E-state index is 12.9. The summed E-state index contributed by atoms with van der Waals surface area (Å²) >= 11 is 0. The molecule has 1 saturated heterocycles. The molecular formula is C19H20N6O3. The fourth-order valence-electron chi connectivity index (χ4n) is 3.24. The van der Waals surface area contributed by atoms with E-state index >= 15 is 0 Å². The van der Waals surface area contributed by atoms with Crippen molar-refractivity contribution in [3.8, 4) is 11.4 Å². The van der Waals surface area contributed by atoms with E-state index < -0.39 is 0 Å². The Labute approximate surface area is 161 Å². The number of aryl methyl sites for hydroxylation is 1. The van der Waals surface area contributed by atoms with Crippen LogP contribution in [-0.4, -0.2) is 68.0 Å². The van der Waals surface area contributed by atoms with Gasteiger partial charge in [0.15, 0.2) is 0 Å². The predicted octanol–water partition coefficient (Wildman–Crippen LogP) is 1.46. The number of aromatic nitrogens is 4. The van der Waals surface area contributed by atoms with Gasteiger partial charge in [0.25, 0.3) is 11.8 Å². The van der Waals surface area contributed by atoms with E-state index in [1.807, 2.05) is 12.1 Å². The summed E-state index contributed by atoms with van der Waals surface area (Å²) < 4.78 is 4.99. The lowest BCUT2D eigenvalue weighted by atomic mass is 10.1. The Morgan fingerprint density at radius 1 is 0.929 bits per heavy atom. The van der Waals surface area contributed by atoms with Gasteiger partial charge in [-0.3, -0.25) is 9.59 Å². The average molecular weight is 380 g/mol. The van der Waals surface area contributed by atoms with Gasteiger partial charge < -0.3 is 14.2 Å². The Hall–Kier alpha value is -3.49. The van der Waals surface area contributed by atoms with Gasteiger partial charge in [0.2, 0.25) is 5.82 Å². The molecule has 2 amide bonds. The van der Waals surface area contributed by atoms with Crippen LogP contribution in [0.15, 0.2) is 47.3 Å². The Bertz CT molecular complexity index is 964. The van der Waals surface area contributed by atoms with E-state index in [0.717, 1.165) is 12.0 Å². The fourth-order valence-corrected chi connectivity index (χ4v) is 3.24. The van der Waals surface area contributed by atoms with Crippen LogP contribution < -0.4 is 0 Å². The second kappa shape index (κ2) is 7.63. The molecule has 28 heavy (non-hydrogen) atoms. The lowest BCUT2D eigenvalue weighted by molar-refractivity contribution is 0.0718. The van der Waals surface area contributed by atoms with E-state index in [4.69, 9.17) is 4.42 Å². The van der Waals surface area contributed by atoms with E-state index in [1.165, 1.54) is 17.3 Å². The molecule has 0 saturated carbocycles. The number of furan rings is 1. The molecule has 0 radical (unpaired) electrons. The van der Waals surface area contributed by atoms with Crippen LogP contribution in [-0.2, 0) is 7.05 Å². The molecule has 0 atom stereocenters. The van der Waals surface area contributed by atoms with Crippen molar-refractivity contribution in [3.05, 3.63) is 54.0 Å². The van der Waals surface area contributed by atoms with Gasteiger partial charge in [-0.2, -0.15) is 4.80 Å². The van der Waals surface area contributed by atoms with E-state index in [1.54, 1.807) is 35.0 Å². The summed E-state index contributed by atoms with van der Waals surface area (Å²) in [5.41, 5.74) is 1.94. The van der Waals surface area contributed by atoms with Crippen molar-refractivity contribution in [2.24, 2.45) is 7.05 Å². The molecule has 0 bridgehead atoms. The van der Waals surface area contributed by atoms with Crippen LogP contribution in [0.5, 0.6) is 0 Å². The SMILES string of the molecule is Cn1nnc(-c2ccc(C(=O)N3CCCN(C(=O)c4ccoc4)CC3)cc2)n1. The van der Waals surface area contributed by atoms with Crippen LogP contribution in [0, 0.1) is 0 Å². The first-order valence-electron chi connectivity index (χ1n) is 9.07. The molecule has 4 rings (SSSR count).